The van der Waals surface area contributed by atoms with Crippen LogP contribution < -0.4 is 0 Å². The minimum atomic E-state index is 0.176. The molecule has 1 aliphatic heterocycles. The first-order valence-electron chi connectivity index (χ1n) is 8.34. The summed E-state index contributed by atoms with van der Waals surface area (Å²) in [5, 5.41) is 20.5. The fourth-order valence-electron chi connectivity index (χ4n) is 3.20. The van der Waals surface area contributed by atoms with Gasteiger partial charge in [0, 0.05) is 50.4 Å². The predicted molar refractivity (Wildman–Crippen MR) is 94.1 cm³/mol. The number of aromatic hydroxyl groups is 2. The molecule has 23 heavy (non-hydrogen) atoms. The summed E-state index contributed by atoms with van der Waals surface area (Å²) in [6.07, 6.45) is 5.18. The van der Waals surface area contributed by atoms with E-state index in [-0.39, 0.29) is 11.8 Å². The highest BCUT2D eigenvalue weighted by Crippen LogP contribution is 2.33. The van der Waals surface area contributed by atoms with Gasteiger partial charge in [-0.05, 0) is 26.3 Å². The molecule has 1 saturated heterocycles. The Morgan fingerprint density at radius 3 is 2.22 bits per heavy atom. The van der Waals surface area contributed by atoms with E-state index in [1.807, 2.05) is 13.0 Å². The molecule has 0 atom stereocenters. The van der Waals surface area contributed by atoms with Crippen LogP contribution in [0.2, 0.25) is 0 Å². The Morgan fingerprint density at radius 1 is 0.957 bits per heavy atom. The SMILES string of the molecule is C=CCc1c(C)c(O)n(CCCN2CCN(CC=C)CC2)c1O. The van der Waals surface area contributed by atoms with Gasteiger partial charge in [0.2, 0.25) is 0 Å². The molecule has 0 unspecified atom stereocenters. The lowest BCUT2D eigenvalue weighted by Crippen LogP contribution is -2.46. The molecule has 2 N–H and O–H groups in total. The molecule has 128 valence electrons. The third-order valence-electron chi connectivity index (χ3n) is 4.63. The second-order valence-corrected chi connectivity index (χ2v) is 6.18. The lowest BCUT2D eigenvalue weighted by atomic mass is 10.1. The first kappa shape index (κ1) is 17.6. The second-order valence-electron chi connectivity index (χ2n) is 6.18. The number of nitrogens with zero attached hydrogens (tertiary/aromatic N) is 3. The van der Waals surface area contributed by atoms with E-state index in [9.17, 15) is 10.2 Å². The van der Waals surface area contributed by atoms with Gasteiger partial charge in [0.1, 0.15) is 0 Å². The van der Waals surface area contributed by atoms with Gasteiger partial charge < -0.3 is 15.1 Å². The van der Waals surface area contributed by atoms with Crippen molar-refractivity contribution in [3.8, 4) is 11.8 Å². The molecule has 1 fully saturated rings. The summed E-state index contributed by atoms with van der Waals surface area (Å²) in [5.74, 6) is 0.353. The van der Waals surface area contributed by atoms with Crippen molar-refractivity contribution >= 4 is 0 Å². The van der Waals surface area contributed by atoms with Crippen LogP contribution in [0.1, 0.15) is 17.5 Å². The van der Waals surface area contributed by atoms with Crippen molar-refractivity contribution in [1.29, 1.82) is 0 Å². The molecule has 1 aliphatic rings. The molecule has 0 aliphatic carbocycles. The standard InChI is InChI=1S/C18H29N3O2/c1-4-7-16-15(3)17(22)21(18(16)23)10-6-9-20-13-11-19(8-5-2)12-14-20/h4-5,22-23H,1-2,6-14H2,3H3. The first-order chi connectivity index (χ1) is 11.1. The van der Waals surface area contributed by atoms with Gasteiger partial charge in [0.25, 0.3) is 0 Å². The summed E-state index contributed by atoms with van der Waals surface area (Å²) in [7, 11) is 0. The van der Waals surface area contributed by atoms with Gasteiger partial charge >= 0.3 is 0 Å². The highest BCUT2D eigenvalue weighted by molar-refractivity contribution is 5.45. The zero-order valence-corrected chi connectivity index (χ0v) is 14.2. The highest BCUT2D eigenvalue weighted by atomic mass is 16.3. The molecule has 2 heterocycles. The second kappa shape index (κ2) is 8.22. The Balaban J connectivity index is 1.84. The topological polar surface area (TPSA) is 51.9 Å². The van der Waals surface area contributed by atoms with Crippen molar-refractivity contribution in [3.05, 3.63) is 36.4 Å². The molecule has 0 aromatic carbocycles. The number of hydrogen-bond acceptors (Lipinski definition) is 4. The maximum Gasteiger partial charge on any atom is 0.197 e. The Labute approximate surface area is 139 Å². The quantitative estimate of drug-likeness (QED) is 0.721. The first-order valence-corrected chi connectivity index (χ1v) is 8.34. The monoisotopic (exact) mass is 319 g/mol. The number of piperazine rings is 1. The van der Waals surface area contributed by atoms with Crippen LogP contribution in [0, 0.1) is 6.92 Å². The number of aromatic nitrogens is 1. The van der Waals surface area contributed by atoms with E-state index < -0.39 is 0 Å². The van der Waals surface area contributed by atoms with E-state index in [4.69, 9.17) is 0 Å². The molecule has 5 nitrogen and oxygen atoms in total. The van der Waals surface area contributed by atoms with E-state index in [1.165, 1.54) is 0 Å². The van der Waals surface area contributed by atoms with Crippen molar-refractivity contribution in [2.24, 2.45) is 0 Å². The van der Waals surface area contributed by atoms with Gasteiger partial charge in [-0.3, -0.25) is 9.47 Å². The Kier molecular flexibility index (Phi) is 6.30. The van der Waals surface area contributed by atoms with Crippen LogP contribution >= 0.6 is 0 Å². The van der Waals surface area contributed by atoms with Crippen molar-refractivity contribution in [3.63, 3.8) is 0 Å². The van der Waals surface area contributed by atoms with E-state index in [0.29, 0.717) is 13.0 Å². The minimum absolute atomic E-state index is 0.176. The average Bonchev–Trinajstić information content (AvgIpc) is 2.75. The van der Waals surface area contributed by atoms with Gasteiger partial charge in [-0.1, -0.05) is 12.2 Å². The molecule has 1 aromatic rings. The van der Waals surface area contributed by atoms with E-state index in [0.717, 1.165) is 56.8 Å². The largest absolute Gasteiger partial charge is 0.494 e. The van der Waals surface area contributed by atoms with Crippen molar-refractivity contribution < 1.29 is 10.2 Å². The molecule has 1 aromatic heterocycles. The van der Waals surface area contributed by atoms with Crippen LogP contribution in [0.25, 0.3) is 0 Å². The normalized spacial score (nSPS) is 16.6. The third kappa shape index (κ3) is 4.18. The van der Waals surface area contributed by atoms with Crippen molar-refractivity contribution in [2.45, 2.75) is 26.3 Å². The average molecular weight is 319 g/mol. The molecule has 0 radical (unpaired) electrons. The zero-order chi connectivity index (χ0) is 16.8. The van der Waals surface area contributed by atoms with Crippen LogP contribution in [0.3, 0.4) is 0 Å². The van der Waals surface area contributed by atoms with Crippen LogP contribution in [-0.4, -0.2) is 63.8 Å². The fourth-order valence-corrected chi connectivity index (χ4v) is 3.20. The van der Waals surface area contributed by atoms with E-state index >= 15 is 0 Å². The Hall–Kier alpha value is -1.72. The molecule has 2 rings (SSSR count). The maximum absolute atomic E-state index is 10.3. The number of hydrogen-bond donors (Lipinski definition) is 2. The van der Waals surface area contributed by atoms with Gasteiger partial charge in [0.15, 0.2) is 11.8 Å². The molecule has 0 spiro atoms. The number of allylic oxidation sites excluding steroid dienone is 1. The Morgan fingerprint density at radius 2 is 1.61 bits per heavy atom. The van der Waals surface area contributed by atoms with Gasteiger partial charge in [0.05, 0.1) is 0 Å². The fraction of sp³-hybridized carbons (Fsp3) is 0.556. The highest BCUT2D eigenvalue weighted by Gasteiger charge is 2.19. The van der Waals surface area contributed by atoms with Crippen LogP contribution in [0.4, 0.5) is 0 Å². The summed E-state index contributed by atoms with van der Waals surface area (Å²) < 4.78 is 1.61. The zero-order valence-electron chi connectivity index (χ0n) is 14.2. The minimum Gasteiger partial charge on any atom is -0.494 e. The summed E-state index contributed by atoms with van der Waals surface area (Å²) in [4.78, 5) is 4.84. The van der Waals surface area contributed by atoms with Gasteiger partial charge in [-0.25, -0.2) is 0 Å². The van der Waals surface area contributed by atoms with Crippen molar-refractivity contribution in [1.82, 2.24) is 14.4 Å². The van der Waals surface area contributed by atoms with E-state index in [1.54, 1.807) is 10.6 Å². The summed E-state index contributed by atoms with van der Waals surface area (Å²) in [6.45, 7) is 16.2. The summed E-state index contributed by atoms with van der Waals surface area (Å²) in [6, 6.07) is 0. The molecular weight excluding hydrogens is 290 g/mol. The molecule has 0 saturated carbocycles. The Bertz CT molecular complexity index is 543. The van der Waals surface area contributed by atoms with Crippen LogP contribution in [-0.2, 0) is 13.0 Å². The lowest BCUT2D eigenvalue weighted by molar-refractivity contribution is 0.139. The predicted octanol–water partition coefficient (Wildman–Crippen LogP) is 2.13. The number of rotatable bonds is 8. The van der Waals surface area contributed by atoms with E-state index in [2.05, 4.69) is 23.0 Å². The van der Waals surface area contributed by atoms with Gasteiger partial charge in [-0.15, -0.1) is 13.2 Å². The van der Waals surface area contributed by atoms with Crippen LogP contribution in [0.5, 0.6) is 11.8 Å². The molecule has 0 amide bonds. The summed E-state index contributed by atoms with van der Waals surface area (Å²) in [5.41, 5.74) is 1.52. The van der Waals surface area contributed by atoms with Crippen molar-refractivity contribution in [2.75, 3.05) is 39.3 Å². The maximum atomic E-state index is 10.3. The smallest absolute Gasteiger partial charge is 0.197 e. The lowest BCUT2D eigenvalue weighted by Gasteiger charge is -2.34. The van der Waals surface area contributed by atoms with Crippen LogP contribution in [0.15, 0.2) is 25.3 Å². The molecule has 0 bridgehead atoms. The van der Waals surface area contributed by atoms with Gasteiger partial charge in [-0.2, -0.15) is 0 Å². The molecular formula is C18H29N3O2. The summed E-state index contributed by atoms with van der Waals surface area (Å²) >= 11 is 0. The molecule has 5 heteroatoms. The third-order valence-corrected chi connectivity index (χ3v) is 4.63.